The van der Waals surface area contributed by atoms with Gasteiger partial charge in [0.1, 0.15) is 18.3 Å². The second-order valence-electron chi connectivity index (χ2n) is 4.97. The Bertz CT molecular complexity index is 714. The van der Waals surface area contributed by atoms with E-state index in [-0.39, 0.29) is 0 Å². The van der Waals surface area contributed by atoms with Crippen molar-refractivity contribution in [2.24, 2.45) is 0 Å². The standard InChI is InChI=1S/C12H15N2O7P/c15-10-9(5-20-22(17,18)19)21-12(11(10)16)14-6-13-7-3-1-2-4-8(7)14/h1-4,6,9-12,15-16H,5H2,(H2,17,18,19)/t9-,10-,11+,12+/m0/s1. The Labute approximate surface area is 125 Å². The summed E-state index contributed by atoms with van der Waals surface area (Å²) >= 11 is 0. The number of phosphoric ester groups is 1. The number of aliphatic hydroxyl groups excluding tert-OH is 2. The van der Waals surface area contributed by atoms with Crippen LogP contribution in [0.5, 0.6) is 0 Å². The van der Waals surface area contributed by atoms with Gasteiger partial charge >= 0.3 is 7.82 Å². The van der Waals surface area contributed by atoms with Crippen LogP contribution in [0.3, 0.4) is 0 Å². The average molecular weight is 330 g/mol. The topological polar surface area (TPSA) is 134 Å². The fourth-order valence-corrected chi connectivity index (χ4v) is 2.79. The molecule has 1 saturated heterocycles. The number of fused-ring (bicyclic) bond motifs is 1. The Morgan fingerprint density at radius 2 is 2.00 bits per heavy atom. The van der Waals surface area contributed by atoms with E-state index in [0.717, 1.165) is 0 Å². The van der Waals surface area contributed by atoms with Crippen molar-refractivity contribution < 1.29 is 33.8 Å². The highest BCUT2D eigenvalue weighted by Crippen LogP contribution is 2.38. The summed E-state index contributed by atoms with van der Waals surface area (Å²) in [7, 11) is -4.68. The molecule has 0 radical (unpaired) electrons. The molecule has 9 nitrogen and oxygen atoms in total. The smallest absolute Gasteiger partial charge is 0.387 e. The van der Waals surface area contributed by atoms with Crippen molar-refractivity contribution in [1.29, 1.82) is 0 Å². The number of nitrogens with zero attached hydrogens (tertiary/aromatic N) is 2. The summed E-state index contributed by atoms with van der Waals surface area (Å²) in [6.07, 6.45) is -3.13. The van der Waals surface area contributed by atoms with Gasteiger partial charge in [-0.3, -0.25) is 4.52 Å². The summed E-state index contributed by atoms with van der Waals surface area (Å²) in [5.41, 5.74) is 1.40. The van der Waals surface area contributed by atoms with E-state index < -0.39 is 39.0 Å². The molecule has 22 heavy (non-hydrogen) atoms. The zero-order chi connectivity index (χ0) is 15.9. The molecular formula is C12H15N2O7P. The van der Waals surface area contributed by atoms with Gasteiger partial charge in [0, 0.05) is 0 Å². The number of imidazole rings is 1. The Kier molecular flexibility index (Phi) is 4.04. The molecule has 0 saturated carbocycles. The van der Waals surface area contributed by atoms with Gasteiger partial charge in [-0.25, -0.2) is 9.55 Å². The summed E-state index contributed by atoms with van der Waals surface area (Å²) in [6.45, 7) is -0.536. The fourth-order valence-electron chi connectivity index (χ4n) is 2.45. The number of aromatic nitrogens is 2. The fraction of sp³-hybridized carbons (Fsp3) is 0.417. The number of phosphoric acid groups is 1. The van der Waals surface area contributed by atoms with Gasteiger partial charge in [0.05, 0.1) is 24.0 Å². The van der Waals surface area contributed by atoms with Gasteiger partial charge in [-0.05, 0) is 12.1 Å². The number of benzene rings is 1. The first-order valence-corrected chi connectivity index (χ1v) is 8.03. The van der Waals surface area contributed by atoms with Crippen LogP contribution in [0.15, 0.2) is 30.6 Å². The molecule has 1 aromatic heterocycles. The number of aliphatic hydroxyl groups is 2. The van der Waals surface area contributed by atoms with Crippen molar-refractivity contribution in [2.45, 2.75) is 24.5 Å². The van der Waals surface area contributed by atoms with Crippen LogP contribution < -0.4 is 0 Å². The van der Waals surface area contributed by atoms with Crippen LogP contribution in [0.1, 0.15) is 6.23 Å². The molecule has 0 unspecified atom stereocenters. The second kappa shape index (κ2) is 5.71. The molecule has 10 heteroatoms. The van der Waals surface area contributed by atoms with E-state index in [4.69, 9.17) is 14.5 Å². The minimum Gasteiger partial charge on any atom is -0.387 e. The number of rotatable bonds is 4. The van der Waals surface area contributed by atoms with E-state index in [9.17, 15) is 14.8 Å². The van der Waals surface area contributed by atoms with Crippen LogP contribution in [0.2, 0.25) is 0 Å². The van der Waals surface area contributed by atoms with Crippen molar-refractivity contribution in [3.8, 4) is 0 Å². The second-order valence-corrected chi connectivity index (χ2v) is 6.21. The minimum atomic E-state index is -4.68. The number of ether oxygens (including phenoxy) is 1. The van der Waals surface area contributed by atoms with E-state index in [2.05, 4.69) is 9.51 Å². The first-order valence-electron chi connectivity index (χ1n) is 6.50. The lowest BCUT2D eigenvalue weighted by molar-refractivity contribution is -0.0501. The average Bonchev–Trinajstić information content (AvgIpc) is 3.00. The molecule has 1 aliphatic heterocycles. The van der Waals surface area contributed by atoms with Crippen LogP contribution in [0.4, 0.5) is 0 Å². The molecule has 1 aromatic carbocycles. The van der Waals surface area contributed by atoms with Gasteiger partial charge < -0.3 is 29.3 Å². The molecular weight excluding hydrogens is 315 g/mol. The molecule has 1 fully saturated rings. The molecule has 2 aromatic rings. The Balaban J connectivity index is 1.82. The lowest BCUT2D eigenvalue weighted by atomic mass is 10.1. The SMILES string of the molecule is O=P(O)(O)OC[C@@H]1O[C@@H](n2cnc3ccccc32)[C@H](O)[C@H]1O. The highest BCUT2D eigenvalue weighted by atomic mass is 31.2. The number of para-hydroxylation sites is 2. The van der Waals surface area contributed by atoms with E-state index in [1.807, 2.05) is 6.07 Å². The largest absolute Gasteiger partial charge is 0.469 e. The first kappa shape index (κ1) is 15.6. The highest BCUT2D eigenvalue weighted by Gasteiger charge is 2.44. The van der Waals surface area contributed by atoms with Gasteiger partial charge in [0.25, 0.3) is 0 Å². The summed E-state index contributed by atoms with van der Waals surface area (Å²) < 4.78 is 22.1. The van der Waals surface area contributed by atoms with E-state index in [1.54, 1.807) is 22.8 Å². The van der Waals surface area contributed by atoms with Gasteiger partial charge in [0.2, 0.25) is 0 Å². The summed E-state index contributed by atoms with van der Waals surface area (Å²) in [5, 5.41) is 20.1. The third-order valence-corrected chi connectivity index (χ3v) is 3.98. The molecule has 0 spiro atoms. The molecule has 0 bridgehead atoms. The molecule has 4 N–H and O–H groups in total. The van der Waals surface area contributed by atoms with Crippen molar-refractivity contribution in [2.75, 3.05) is 6.61 Å². The van der Waals surface area contributed by atoms with Gasteiger partial charge in [0.15, 0.2) is 6.23 Å². The Hall–Kier alpha value is -1.32. The molecule has 4 atom stereocenters. The van der Waals surface area contributed by atoms with Gasteiger partial charge in [-0.1, -0.05) is 12.1 Å². The zero-order valence-corrected chi connectivity index (χ0v) is 12.2. The maximum absolute atomic E-state index is 10.7. The minimum absolute atomic E-state index is 0.536. The third kappa shape index (κ3) is 2.92. The summed E-state index contributed by atoms with van der Waals surface area (Å²) in [5.74, 6) is 0. The molecule has 0 amide bonds. The normalized spacial score (nSPS) is 29.3. The molecule has 0 aliphatic carbocycles. The van der Waals surface area contributed by atoms with Gasteiger partial charge in [-0.15, -0.1) is 0 Å². The maximum atomic E-state index is 10.7. The van der Waals surface area contributed by atoms with E-state index in [1.165, 1.54) is 6.33 Å². The summed E-state index contributed by atoms with van der Waals surface area (Å²) in [6, 6.07) is 7.19. The lowest BCUT2D eigenvalue weighted by Gasteiger charge is -2.17. The molecule has 1 aliphatic rings. The van der Waals surface area contributed by atoms with E-state index >= 15 is 0 Å². The van der Waals surface area contributed by atoms with Crippen molar-refractivity contribution in [3.63, 3.8) is 0 Å². The summed E-state index contributed by atoms with van der Waals surface area (Å²) in [4.78, 5) is 21.6. The zero-order valence-electron chi connectivity index (χ0n) is 11.3. The van der Waals surface area contributed by atoms with Gasteiger partial charge in [-0.2, -0.15) is 0 Å². The molecule has 120 valence electrons. The van der Waals surface area contributed by atoms with Crippen LogP contribution >= 0.6 is 7.82 Å². The van der Waals surface area contributed by atoms with Crippen molar-refractivity contribution in [3.05, 3.63) is 30.6 Å². The predicted octanol–water partition coefficient (Wildman–Crippen LogP) is -0.235. The quantitative estimate of drug-likeness (QED) is 0.565. The van der Waals surface area contributed by atoms with E-state index in [0.29, 0.717) is 11.0 Å². The Morgan fingerprint density at radius 1 is 1.27 bits per heavy atom. The number of hydrogen-bond acceptors (Lipinski definition) is 6. The monoisotopic (exact) mass is 330 g/mol. The predicted molar refractivity (Wildman–Crippen MR) is 73.7 cm³/mol. The van der Waals surface area contributed by atoms with Crippen LogP contribution in [0.25, 0.3) is 11.0 Å². The van der Waals surface area contributed by atoms with Crippen LogP contribution in [-0.4, -0.2) is 54.5 Å². The van der Waals surface area contributed by atoms with Crippen molar-refractivity contribution in [1.82, 2.24) is 9.55 Å². The maximum Gasteiger partial charge on any atom is 0.469 e. The number of hydrogen-bond donors (Lipinski definition) is 4. The molecule has 3 rings (SSSR count). The Morgan fingerprint density at radius 3 is 2.73 bits per heavy atom. The van der Waals surface area contributed by atoms with Crippen LogP contribution in [0, 0.1) is 0 Å². The van der Waals surface area contributed by atoms with Crippen LogP contribution in [-0.2, 0) is 13.8 Å². The lowest BCUT2D eigenvalue weighted by Crippen LogP contribution is -2.33. The van der Waals surface area contributed by atoms with Crippen molar-refractivity contribution >= 4 is 18.9 Å². The molecule has 2 heterocycles. The third-order valence-electron chi connectivity index (χ3n) is 3.50. The first-order chi connectivity index (χ1) is 10.4. The highest BCUT2D eigenvalue weighted by molar-refractivity contribution is 7.46.